The molecule has 0 heterocycles. The van der Waals surface area contributed by atoms with Crippen LogP contribution >= 0.6 is 0 Å². The summed E-state index contributed by atoms with van der Waals surface area (Å²) in [6.45, 7) is 0. The van der Waals surface area contributed by atoms with Crippen LogP contribution in [0.5, 0.6) is 0 Å². The fraction of sp³-hybridized carbons (Fsp3) is 0.333. The molecule has 0 aromatic heterocycles. The maximum absolute atomic E-state index is 9.97. The Bertz CT molecular complexity index is 289. The lowest BCUT2D eigenvalue weighted by Crippen LogP contribution is -2.07. The van der Waals surface area contributed by atoms with E-state index in [1.807, 2.05) is 30.3 Å². The highest BCUT2D eigenvalue weighted by atomic mass is 16.3. The van der Waals surface area contributed by atoms with Gasteiger partial charge in [-0.1, -0.05) is 42.5 Å². The van der Waals surface area contributed by atoms with Crippen molar-refractivity contribution in [3.05, 3.63) is 48.0 Å². The highest BCUT2D eigenvalue weighted by Gasteiger charge is 2.19. The summed E-state index contributed by atoms with van der Waals surface area (Å²) in [5, 5.41) is 9.97. The predicted molar refractivity (Wildman–Crippen MR) is 53.3 cm³/mol. The molecule has 1 aromatic carbocycles. The van der Waals surface area contributed by atoms with Gasteiger partial charge in [0.25, 0.3) is 0 Å². The maximum atomic E-state index is 9.97. The molecule has 0 aliphatic heterocycles. The van der Waals surface area contributed by atoms with Gasteiger partial charge in [-0.05, 0) is 18.4 Å². The van der Waals surface area contributed by atoms with Crippen LogP contribution in [0.3, 0.4) is 0 Å². The molecule has 2 atom stereocenters. The van der Waals surface area contributed by atoms with Crippen molar-refractivity contribution in [2.45, 2.75) is 18.9 Å². The van der Waals surface area contributed by atoms with E-state index < -0.39 is 0 Å². The van der Waals surface area contributed by atoms with Gasteiger partial charge in [0.15, 0.2) is 0 Å². The summed E-state index contributed by atoms with van der Waals surface area (Å²) in [5.41, 5.74) is 1.03. The Morgan fingerprint density at radius 2 is 2.00 bits per heavy atom. The first-order chi connectivity index (χ1) is 6.38. The standard InChI is InChI=1S/C12H14O/c13-12(11-8-4-5-9-11)10-6-2-1-3-7-10/h1-4,6-8,11-13H,5,9H2/t11-,12-/m1/s1. The van der Waals surface area contributed by atoms with E-state index in [0.717, 1.165) is 18.4 Å². The molecule has 1 aliphatic carbocycles. The lowest BCUT2D eigenvalue weighted by molar-refractivity contribution is 0.131. The number of allylic oxidation sites excluding steroid dienone is 1. The van der Waals surface area contributed by atoms with Gasteiger partial charge in [0.2, 0.25) is 0 Å². The second kappa shape index (κ2) is 3.75. The van der Waals surface area contributed by atoms with Crippen molar-refractivity contribution in [1.82, 2.24) is 0 Å². The summed E-state index contributed by atoms with van der Waals surface area (Å²) >= 11 is 0. The molecule has 2 rings (SSSR count). The second-order valence-electron chi connectivity index (χ2n) is 3.52. The van der Waals surface area contributed by atoms with E-state index in [9.17, 15) is 5.11 Å². The quantitative estimate of drug-likeness (QED) is 0.683. The Balaban J connectivity index is 2.13. The van der Waals surface area contributed by atoms with Crippen LogP contribution in [0.1, 0.15) is 24.5 Å². The van der Waals surface area contributed by atoms with Gasteiger partial charge in [0.05, 0.1) is 6.10 Å². The average molecular weight is 174 g/mol. The van der Waals surface area contributed by atoms with Gasteiger partial charge in [-0.15, -0.1) is 0 Å². The fourth-order valence-electron chi connectivity index (χ4n) is 1.82. The molecule has 0 amide bonds. The number of aliphatic hydroxyl groups excluding tert-OH is 1. The molecule has 0 spiro atoms. The van der Waals surface area contributed by atoms with Gasteiger partial charge in [-0.2, -0.15) is 0 Å². The lowest BCUT2D eigenvalue weighted by atomic mass is 9.95. The molecule has 0 radical (unpaired) electrons. The Kier molecular flexibility index (Phi) is 2.46. The monoisotopic (exact) mass is 174 g/mol. The van der Waals surface area contributed by atoms with E-state index in [1.165, 1.54) is 0 Å². The number of hydrogen-bond acceptors (Lipinski definition) is 1. The van der Waals surface area contributed by atoms with Gasteiger partial charge in [-0.3, -0.25) is 0 Å². The molecule has 1 aliphatic rings. The molecule has 1 N–H and O–H groups in total. The third kappa shape index (κ3) is 1.81. The molecule has 1 nitrogen and oxygen atoms in total. The van der Waals surface area contributed by atoms with E-state index in [-0.39, 0.29) is 6.10 Å². The number of rotatable bonds is 2. The zero-order valence-electron chi connectivity index (χ0n) is 7.56. The van der Waals surface area contributed by atoms with Gasteiger partial charge in [-0.25, -0.2) is 0 Å². The second-order valence-corrected chi connectivity index (χ2v) is 3.52. The van der Waals surface area contributed by atoms with E-state index >= 15 is 0 Å². The van der Waals surface area contributed by atoms with Crippen LogP contribution in [-0.2, 0) is 0 Å². The van der Waals surface area contributed by atoms with Crippen molar-refractivity contribution in [3.63, 3.8) is 0 Å². The summed E-state index contributed by atoms with van der Waals surface area (Å²) in [7, 11) is 0. The molecule has 0 bridgehead atoms. The van der Waals surface area contributed by atoms with Crippen LogP contribution < -0.4 is 0 Å². The molecule has 1 aromatic rings. The summed E-state index contributed by atoms with van der Waals surface area (Å²) in [5.74, 6) is 0.322. The fourth-order valence-corrected chi connectivity index (χ4v) is 1.82. The van der Waals surface area contributed by atoms with E-state index in [2.05, 4.69) is 12.2 Å². The minimum atomic E-state index is -0.319. The Hall–Kier alpha value is -1.08. The van der Waals surface area contributed by atoms with E-state index in [0.29, 0.717) is 5.92 Å². The SMILES string of the molecule is O[C@H](c1ccccc1)[C@@H]1C=CCC1. The van der Waals surface area contributed by atoms with E-state index in [4.69, 9.17) is 0 Å². The third-order valence-electron chi connectivity index (χ3n) is 2.60. The van der Waals surface area contributed by atoms with Crippen molar-refractivity contribution in [2.24, 2.45) is 5.92 Å². The van der Waals surface area contributed by atoms with Crippen molar-refractivity contribution in [2.75, 3.05) is 0 Å². The van der Waals surface area contributed by atoms with Crippen LogP contribution in [0, 0.1) is 5.92 Å². The van der Waals surface area contributed by atoms with Crippen LogP contribution in [-0.4, -0.2) is 5.11 Å². The van der Waals surface area contributed by atoms with Crippen LogP contribution in [0.25, 0.3) is 0 Å². The molecule has 0 saturated heterocycles. The van der Waals surface area contributed by atoms with Gasteiger partial charge in [0, 0.05) is 5.92 Å². The predicted octanol–water partition coefficient (Wildman–Crippen LogP) is 2.69. The molecule has 68 valence electrons. The molecule has 13 heavy (non-hydrogen) atoms. The molecule has 0 unspecified atom stereocenters. The maximum Gasteiger partial charge on any atom is 0.0852 e. The van der Waals surface area contributed by atoms with Crippen molar-refractivity contribution >= 4 is 0 Å². The Morgan fingerprint density at radius 1 is 1.23 bits per heavy atom. The summed E-state index contributed by atoms with van der Waals surface area (Å²) < 4.78 is 0. The molecule has 0 saturated carbocycles. The van der Waals surface area contributed by atoms with Crippen LogP contribution in [0.15, 0.2) is 42.5 Å². The van der Waals surface area contributed by atoms with Crippen LogP contribution in [0.4, 0.5) is 0 Å². The largest absolute Gasteiger partial charge is 0.388 e. The normalized spacial score (nSPS) is 23.3. The van der Waals surface area contributed by atoms with Crippen LogP contribution in [0.2, 0.25) is 0 Å². The smallest absolute Gasteiger partial charge is 0.0852 e. The van der Waals surface area contributed by atoms with Gasteiger partial charge < -0.3 is 5.11 Å². The molecular formula is C12H14O. The first-order valence-electron chi connectivity index (χ1n) is 4.77. The molecular weight excluding hydrogens is 160 g/mol. The first-order valence-corrected chi connectivity index (χ1v) is 4.77. The highest BCUT2D eigenvalue weighted by Crippen LogP contribution is 2.30. The minimum Gasteiger partial charge on any atom is -0.388 e. The Labute approximate surface area is 78.7 Å². The average Bonchev–Trinajstić information content (AvgIpc) is 2.71. The summed E-state index contributed by atoms with van der Waals surface area (Å²) in [6.07, 6.45) is 6.14. The minimum absolute atomic E-state index is 0.319. The number of hydrogen-bond donors (Lipinski definition) is 1. The summed E-state index contributed by atoms with van der Waals surface area (Å²) in [6, 6.07) is 9.88. The van der Waals surface area contributed by atoms with Crippen molar-refractivity contribution in [3.8, 4) is 0 Å². The first kappa shape index (κ1) is 8.52. The lowest BCUT2D eigenvalue weighted by Gasteiger charge is -2.16. The number of aliphatic hydroxyl groups is 1. The molecule has 0 fully saturated rings. The third-order valence-corrected chi connectivity index (χ3v) is 2.60. The van der Waals surface area contributed by atoms with Crippen molar-refractivity contribution < 1.29 is 5.11 Å². The summed E-state index contributed by atoms with van der Waals surface area (Å²) in [4.78, 5) is 0. The van der Waals surface area contributed by atoms with Crippen molar-refractivity contribution in [1.29, 1.82) is 0 Å². The zero-order chi connectivity index (χ0) is 9.10. The highest BCUT2D eigenvalue weighted by molar-refractivity contribution is 5.20. The number of benzene rings is 1. The van der Waals surface area contributed by atoms with E-state index in [1.54, 1.807) is 0 Å². The van der Waals surface area contributed by atoms with Gasteiger partial charge >= 0.3 is 0 Å². The Morgan fingerprint density at radius 3 is 2.62 bits per heavy atom. The molecule has 1 heteroatoms. The van der Waals surface area contributed by atoms with Gasteiger partial charge in [0.1, 0.15) is 0 Å². The topological polar surface area (TPSA) is 20.2 Å². The zero-order valence-corrected chi connectivity index (χ0v) is 7.56.